The molecule has 3 rings (SSSR count). The van der Waals surface area contributed by atoms with Crippen molar-refractivity contribution < 1.29 is 13.9 Å². The van der Waals surface area contributed by atoms with Gasteiger partial charge in [-0.25, -0.2) is 9.78 Å². The third kappa shape index (κ3) is 4.26. The van der Waals surface area contributed by atoms with Crippen molar-refractivity contribution in [2.24, 2.45) is 0 Å². The molecule has 1 aromatic heterocycles. The second-order valence-corrected chi connectivity index (χ2v) is 6.93. The zero-order valence-corrected chi connectivity index (χ0v) is 16.5. The minimum atomic E-state index is -0.646. The summed E-state index contributed by atoms with van der Waals surface area (Å²) in [7, 11) is 0. The number of carbonyl (C=O) groups is 1. The van der Waals surface area contributed by atoms with Crippen LogP contribution >= 0.6 is 27.5 Å². The number of hydrogen-bond donors (Lipinski definition) is 1. The molecule has 0 unspecified atom stereocenters. The summed E-state index contributed by atoms with van der Waals surface area (Å²) in [6, 6.07) is 14.8. The summed E-state index contributed by atoms with van der Waals surface area (Å²) >= 11 is 9.53. The third-order valence-electron chi connectivity index (χ3n) is 3.69. The van der Waals surface area contributed by atoms with Crippen molar-refractivity contribution in [3.63, 3.8) is 0 Å². The van der Waals surface area contributed by atoms with Crippen LogP contribution in [0, 0.1) is 6.92 Å². The van der Waals surface area contributed by atoms with Gasteiger partial charge in [0.25, 0.3) is 0 Å². The highest BCUT2D eigenvalue weighted by atomic mass is 79.9. The van der Waals surface area contributed by atoms with Crippen LogP contribution in [0.4, 0.5) is 10.7 Å². The Labute approximate surface area is 164 Å². The summed E-state index contributed by atoms with van der Waals surface area (Å²) < 4.78 is 11.9. The number of ether oxygens (including phenoxy) is 1. The highest BCUT2D eigenvalue weighted by Crippen LogP contribution is 2.30. The highest BCUT2D eigenvalue weighted by Gasteiger charge is 2.19. The summed E-state index contributed by atoms with van der Waals surface area (Å²) in [6.45, 7) is 3.47. The molecule has 0 spiro atoms. The quantitative estimate of drug-likeness (QED) is 0.517. The molecule has 1 amide bonds. The van der Waals surface area contributed by atoms with Crippen LogP contribution in [0.25, 0.3) is 11.3 Å². The van der Waals surface area contributed by atoms with E-state index in [1.165, 1.54) is 0 Å². The van der Waals surface area contributed by atoms with Crippen LogP contribution in [0.3, 0.4) is 0 Å². The first kappa shape index (κ1) is 18.5. The van der Waals surface area contributed by atoms with Crippen molar-refractivity contribution in [2.45, 2.75) is 20.0 Å². The van der Waals surface area contributed by atoms with Gasteiger partial charge in [-0.05, 0) is 25.1 Å². The van der Waals surface area contributed by atoms with Crippen molar-refractivity contribution in [2.75, 3.05) is 5.32 Å². The molecular weight excluding hydrogens is 420 g/mol. The molecule has 1 heterocycles. The number of aromatic nitrogens is 1. The van der Waals surface area contributed by atoms with E-state index >= 15 is 0 Å². The van der Waals surface area contributed by atoms with E-state index < -0.39 is 12.2 Å². The molecule has 134 valence electrons. The van der Waals surface area contributed by atoms with Gasteiger partial charge in [0.2, 0.25) is 5.88 Å². The topological polar surface area (TPSA) is 64.4 Å². The monoisotopic (exact) mass is 434 g/mol. The summed E-state index contributed by atoms with van der Waals surface area (Å²) in [5, 5.41) is 3.16. The molecule has 1 N–H and O–H groups in total. The fraction of sp³-hybridized carbons (Fsp3) is 0.158. The molecule has 0 aliphatic rings. The molecule has 2 aromatic carbocycles. The maximum Gasteiger partial charge on any atom is 0.414 e. The lowest BCUT2D eigenvalue weighted by Gasteiger charge is -2.15. The van der Waals surface area contributed by atoms with Crippen LogP contribution in [0.15, 0.2) is 57.4 Å². The van der Waals surface area contributed by atoms with Crippen molar-refractivity contribution in [1.82, 2.24) is 4.98 Å². The number of nitrogens with one attached hydrogen (secondary N) is 1. The first-order chi connectivity index (χ1) is 12.4. The SMILES string of the molecule is Cc1nc(-c2ccc(Br)cc2)c(NC(=O)O[C@H](C)c2ccccc2Cl)o1. The van der Waals surface area contributed by atoms with E-state index in [2.05, 4.69) is 26.2 Å². The number of anilines is 1. The van der Waals surface area contributed by atoms with Gasteiger partial charge in [-0.1, -0.05) is 57.9 Å². The van der Waals surface area contributed by atoms with Crippen LogP contribution < -0.4 is 5.32 Å². The average Bonchev–Trinajstić information content (AvgIpc) is 2.96. The Bertz CT molecular complexity index is 925. The van der Waals surface area contributed by atoms with Gasteiger partial charge in [-0.2, -0.15) is 0 Å². The van der Waals surface area contributed by atoms with E-state index in [0.717, 1.165) is 15.6 Å². The molecule has 3 aromatic rings. The van der Waals surface area contributed by atoms with Crippen molar-refractivity contribution >= 4 is 39.5 Å². The Hall–Kier alpha value is -2.31. The first-order valence-corrected chi connectivity index (χ1v) is 9.06. The van der Waals surface area contributed by atoms with E-state index in [0.29, 0.717) is 16.6 Å². The van der Waals surface area contributed by atoms with Crippen LogP contribution in [0.5, 0.6) is 0 Å². The maximum atomic E-state index is 12.3. The molecule has 7 heteroatoms. The van der Waals surface area contributed by atoms with Crippen LogP contribution in [0.2, 0.25) is 5.02 Å². The van der Waals surface area contributed by atoms with Crippen molar-refractivity contribution in [1.29, 1.82) is 0 Å². The zero-order valence-electron chi connectivity index (χ0n) is 14.1. The standard InChI is InChI=1S/C19H16BrClN2O3/c1-11(15-5-3-4-6-16(15)21)25-19(24)23-18-17(22-12(2)26-18)13-7-9-14(20)10-8-13/h3-11H,1-2H3,(H,23,24)/t11-/m1/s1. The molecule has 0 radical (unpaired) electrons. The summed E-state index contributed by atoms with van der Waals surface area (Å²) in [6.07, 6.45) is -1.16. The van der Waals surface area contributed by atoms with Gasteiger partial charge in [0, 0.05) is 27.5 Å². The first-order valence-electron chi connectivity index (χ1n) is 7.89. The number of amides is 1. The van der Waals surface area contributed by atoms with Gasteiger partial charge in [-0.15, -0.1) is 0 Å². The van der Waals surface area contributed by atoms with E-state index in [-0.39, 0.29) is 5.88 Å². The second-order valence-electron chi connectivity index (χ2n) is 5.61. The Morgan fingerprint density at radius 2 is 1.92 bits per heavy atom. The number of carbonyl (C=O) groups excluding carboxylic acids is 1. The number of aryl methyl sites for hydroxylation is 1. The van der Waals surface area contributed by atoms with Gasteiger partial charge in [0.15, 0.2) is 5.89 Å². The van der Waals surface area contributed by atoms with Gasteiger partial charge in [0.05, 0.1) is 0 Å². The van der Waals surface area contributed by atoms with E-state index in [1.54, 1.807) is 19.9 Å². The summed E-state index contributed by atoms with van der Waals surface area (Å²) in [5.74, 6) is 0.679. The lowest BCUT2D eigenvalue weighted by molar-refractivity contribution is 0.120. The number of halogens is 2. The van der Waals surface area contributed by atoms with E-state index in [1.807, 2.05) is 42.5 Å². The fourth-order valence-corrected chi connectivity index (χ4v) is 3.02. The molecule has 1 atom stereocenters. The lowest BCUT2D eigenvalue weighted by atomic mass is 10.1. The molecule has 0 bridgehead atoms. The largest absolute Gasteiger partial charge is 0.441 e. The van der Waals surface area contributed by atoms with Crippen LogP contribution in [-0.2, 0) is 4.74 Å². The zero-order chi connectivity index (χ0) is 18.7. The molecular formula is C19H16BrClN2O3. The number of hydrogen-bond acceptors (Lipinski definition) is 4. The predicted molar refractivity (Wildman–Crippen MR) is 104 cm³/mol. The van der Waals surface area contributed by atoms with Crippen LogP contribution in [-0.4, -0.2) is 11.1 Å². The number of oxazole rings is 1. The molecule has 0 fully saturated rings. The third-order valence-corrected chi connectivity index (χ3v) is 4.57. The van der Waals surface area contributed by atoms with Crippen LogP contribution in [0.1, 0.15) is 24.5 Å². The second kappa shape index (κ2) is 7.93. The lowest BCUT2D eigenvalue weighted by Crippen LogP contribution is -2.16. The number of nitrogens with zero attached hydrogens (tertiary/aromatic N) is 1. The normalized spacial score (nSPS) is 11.8. The molecule has 5 nitrogen and oxygen atoms in total. The van der Waals surface area contributed by atoms with Gasteiger partial charge >= 0.3 is 6.09 Å². The molecule has 0 saturated carbocycles. The number of benzene rings is 2. The molecule has 26 heavy (non-hydrogen) atoms. The minimum absolute atomic E-state index is 0.237. The van der Waals surface area contributed by atoms with E-state index in [9.17, 15) is 4.79 Å². The average molecular weight is 436 g/mol. The molecule has 0 saturated heterocycles. The predicted octanol–water partition coefficient (Wildman–Crippen LogP) is 6.38. The Kier molecular flexibility index (Phi) is 5.64. The molecule has 0 aliphatic heterocycles. The fourth-order valence-electron chi connectivity index (χ4n) is 2.47. The Morgan fingerprint density at radius 1 is 1.23 bits per heavy atom. The van der Waals surface area contributed by atoms with Crippen molar-refractivity contribution in [3.05, 3.63) is 69.5 Å². The Balaban J connectivity index is 1.76. The Morgan fingerprint density at radius 3 is 2.62 bits per heavy atom. The molecule has 0 aliphatic carbocycles. The van der Waals surface area contributed by atoms with Gasteiger partial charge in [-0.3, -0.25) is 5.32 Å². The van der Waals surface area contributed by atoms with Crippen molar-refractivity contribution in [3.8, 4) is 11.3 Å². The highest BCUT2D eigenvalue weighted by molar-refractivity contribution is 9.10. The number of rotatable bonds is 4. The summed E-state index contributed by atoms with van der Waals surface area (Å²) in [5.41, 5.74) is 2.09. The van der Waals surface area contributed by atoms with Gasteiger partial charge in [0.1, 0.15) is 11.8 Å². The van der Waals surface area contributed by atoms with Gasteiger partial charge < -0.3 is 9.15 Å². The maximum absolute atomic E-state index is 12.3. The smallest absolute Gasteiger partial charge is 0.414 e. The van der Waals surface area contributed by atoms with E-state index in [4.69, 9.17) is 20.8 Å². The summed E-state index contributed by atoms with van der Waals surface area (Å²) in [4.78, 5) is 16.6. The minimum Gasteiger partial charge on any atom is -0.441 e.